The molecule has 20 heavy (non-hydrogen) atoms. The summed E-state index contributed by atoms with van der Waals surface area (Å²) >= 11 is 0. The summed E-state index contributed by atoms with van der Waals surface area (Å²) in [5.41, 5.74) is 2.02. The third-order valence-electron chi connectivity index (χ3n) is 3.39. The first-order valence-electron chi connectivity index (χ1n) is 6.58. The summed E-state index contributed by atoms with van der Waals surface area (Å²) in [5, 5.41) is 9.27. The molecule has 0 saturated heterocycles. The maximum atomic E-state index is 13.7. The largest absolute Gasteiger partial charge is 0.481 e. The topological polar surface area (TPSA) is 37.3 Å². The van der Waals surface area contributed by atoms with E-state index >= 15 is 0 Å². The van der Waals surface area contributed by atoms with E-state index in [-0.39, 0.29) is 11.7 Å². The van der Waals surface area contributed by atoms with Gasteiger partial charge in [-0.3, -0.25) is 4.79 Å². The summed E-state index contributed by atoms with van der Waals surface area (Å²) in [5.74, 6) is -1.64. The molecule has 2 aromatic carbocycles. The van der Waals surface area contributed by atoms with Gasteiger partial charge < -0.3 is 5.11 Å². The molecule has 1 unspecified atom stereocenters. The van der Waals surface area contributed by atoms with E-state index in [9.17, 15) is 14.3 Å². The van der Waals surface area contributed by atoms with Crippen LogP contribution in [0.1, 0.15) is 25.3 Å². The van der Waals surface area contributed by atoms with Gasteiger partial charge in [0.25, 0.3) is 0 Å². The van der Waals surface area contributed by atoms with Crippen molar-refractivity contribution in [3.63, 3.8) is 0 Å². The van der Waals surface area contributed by atoms with Crippen molar-refractivity contribution in [2.45, 2.75) is 19.8 Å². The highest BCUT2D eigenvalue weighted by atomic mass is 19.1. The molecular formula is C17H17FO2. The van der Waals surface area contributed by atoms with E-state index in [0.29, 0.717) is 5.56 Å². The van der Waals surface area contributed by atoms with Crippen molar-refractivity contribution in [3.05, 3.63) is 59.9 Å². The molecule has 0 saturated carbocycles. The van der Waals surface area contributed by atoms with Gasteiger partial charge in [-0.05, 0) is 23.1 Å². The molecule has 2 nitrogen and oxygen atoms in total. The van der Waals surface area contributed by atoms with Crippen LogP contribution in [-0.4, -0.2) is 11.1 Å². The summed E-state index contributed by atoms with van der Waals surface area (Å²) < 4.78 is 13.7. The zero-order chi connectivity index (χ0) is 14.7. The van der Waals surface area contributed by atoms with Gasteiger partial charge in [-0.15, -0.1) is 0 Å². The smallest absolute Gasteiger partial charge is 0.311 e. The van der Waals surface area contributed by atoms with E-state index in [1.807, 2.05) is 13.8 Å². The SMILES string of the molecule is CC(C)C(C(=O)O)c1ccc(-c2ccccc2F)cc1. The Bertz CT molecular complexity index is 603. The van der Waals surface area contributed by atoms with E-state index < -0.39 is 11.9 Å². The Morgan fingerprint density at radius 2 is 1.65 bits per heavy atom. The minimum atomic E-state index is -0.835. The van der Waals surface area contributed by atoms with Gasteiger partial charge in [-0.25, -0.2) is 4.39 Å². The van der Waals surface area contributed by atoms with Gasteiger partial charge >= 0.3 is 5.97 Å². The fourth-order valence-corrected chi connectivity index (χ4v) is 2.38. The van der Waals surface area contributed by atoms with Crippen molar-refractivity contribution in [1.29, 1.82) is 0 Å². The van der Waals surface area contributed by atoms with E-state index in [4.69, 9.17) is 0 Å². The molecule has 3 heteroatoms. The van der Waals surface area contributed by atoms with Crippen LogP contribution in [0.15, 0.2) is 48.5 Å². The van der Waals surface area contributed by atoms with Gasteiger partial charge in [-0.1, -0.05) is 56.3 Å². The van der Waals surface area contributed by atoms with Crippen LogP contribution >= 0.6 is 0 Å². The van der Waals surface area contributed by atoms with Gasteiger partial charge in [0, 0.05) is 5.56 Å². The zero-order valence-electron chi connectivity index (χ0n) is 11.5. The van der Waals surface area contributed by atoms with Crippen LogP contribution in [0.4, 0.5) is 4.39 Å². The van der Waals surface area contributed by atoms with E-state index in [1.165, 1.54) is 6.07 Å². The minimum Gasteiger partial charge on any atom is -0.481 e. The van der Waals surface area contributed by atoms with Crippen molar-refractivity contribution in [1.82, 2.24) is 0 Å². The molecular weight excluding hydrogens is 255 g/mol. The van der Waals surface area contributed by atoms with Gasteiger partial charge in [0.1, 0.15) is 5.82 Å². The summed E-state index contributed by atoms with van der Waals surface area (Å²) in [4.78, 5) is 11.3. The number of aliphatic carboxylic acids is 1. The van der Waals surface area contributed by atoms with Crippen molar-refractivity contribution < 1.29 is 14.3 Å². The number of halogens is 1. The van der Waals surface area contributed by atoms with Crippen LogP contribution in [0.3, 0.4) is 0 Å². The molecule has 0 radical (unpaired) electrons. The first-order valence-corrected chi connectivity index (χ1v) is 6.58. The summed E-state index contributed by atoms with van der Waals surface area (Å²) in [6.45, 7) is 3.76. The molecule has 1 atom stereocenters. The average Bonchev–Trinajstić information content (AvgIpc) is 2.39. The zero-order valence-corrected chi connectivity index (χ0v) is 11.5. The van der Waals surface area contributed by atoms with Crippen molar-refractivity contribution in [2.75, 3.05) is 0 Å². The average molecular weight is 272 g/mol. The number of hydrogen-bond donors (Lipinski definition) is 1. The van der Waals surface area contributed by atoms with Crippen molar-refractivity contribution in [2.24, 2.45) is 5.92 Å². The number of carboxylic acid groups (broad SMARTS) is 1. The van der Waals surface area contributed by atoms with Gasteiger partial charge in [0.05, 0.1) is 5.92 Å². The molecule has 0 heterocycles. The molecule has 0 amide bonds. The third kappa shape index (κ3) is 2.87. The highest BCUT2D eigenvalue weighted by Gasteiger charge is 2.23. The van der Waals surface area contributed by atoms with Gasteiger partial charge in [-0.2, -0.15) is 0 Å². The van der Waals surface area contributed by atoms with E-state index in [2.05, 4.69) is 0 Å². The van der Waals surface area contributed by atoms with Crippen LogP contribution in [-0.2, 0) is 4.79 Å². The van der Waals surface area contributed by atoms with Crippen LogP contribution in [0.2, 0.25) is 0 Å². The number of carbonyl (C=O) groups is 1. The highest BCUT2D eigenvalue weighted by molar-refractivity contribution is 5.77. The molecule has 0 aromatic heterocycles. The summed E-state index contributed by atoms with van der Waals surface area (Å²) in [6, 6.07) is 13.6. The predicted octanol–water partition coefficient (Wildman–Crippen LogP) is 4.32. The van der Waals surface area contributed by atoms with Crippen molar-refractivity contribution in [3.8, 4) is 11.1 Å². The first kappa shape index (κ1) is 14.3. The van der Waals surface area contributed by atoms with Crippen LogP contribution in [0, 0.1) is 11.7 Å². The van der Waals surface area contributed by atoms with E-state index in [0.717, 1.165) is 11.1 Å². The quantitative estimate of drug-likeness (QED) is 0.900. The molecule has 0 fully saturated rings. The molecule has 0 spiro atoms. The lowest BCUT2D eigenvalue weighted by molar-refractivity contribution is -0.139. The Morgan fingerprint density at radius 3 is 2.15 bits per heavy atom. The predicted molar refractivity (Wildman–Crippen MR) is 77.1 cm³/mol. The Morgan fingerprint density at radius 1 is 1.05 bits per heavy atom. The lowest BCUT2D eigenvalue weighted by Crippen LogP contribution is -2.17. The summed E-state index contributed by atoms with van der Waals surface area (Å²) in [6.07, 6.45) is 0. The fraction of sp³-hybridized carbons (Fsp3) is 0.235. The minimum absolute atomic E-state index is 0.00631. The van der Waals surface area contributed by atoms with Gasteiger partial charge in [0.2, 0.25) is 0 Å². The molecule has 2 rings (SSSR count). The van der Waals surface area contributed by atoms with Crippen molar-refractivity contribution >= 4 is 5.97 Å². The lowest BCUT2D eigenvalue weighted by atomic mass is 9.87. The van der Waals surface area contributed by atoms with Crippen LogP contribution in [0.5, 0.6) is 0 Å². The molecule has 1 N–H and O–H groups in total. The molecule has 0 bridgehead atoms. The number of hydrogen-bond acceptors (Lipinski definition) is 1. The molecule has 0 aliphatic carbocycles. The Labute approximate surface area is 117 Å². The maximum Gasteiger partial charge on any atom is 0.311 e. The summed E-state index contributed by atoms with van der Waals surface area (Å²) in [7, 11) is 0. The molecule has 0 aliphatic rings. The van der Waals surface area contributed by atoms with Crippen LogP contribution in [0.25, 0.3) is 11.1 Å². The van der Waals surface area contributed by atoms with Crippen LogP contribution < -0.4 is 0 Å². The van der Waals surface area contributed by atoms with Gasteiger partial charge in [0.15, 0.2) is 0 Å². The number of rotatable bonds is 4. The Hall–Kier alpha value is -2.16. The Kier molecular flexibility index (Phi) is 4.18. The second-order valence-corrected chi connectivity index (χ2v) is 5.16. The van der Waals surface area contributed by atoms with E-state index in [1.54, 1.807) is 42.5 Å². The first-order chi connectivity index (χ1) is 9.50. The second-order valence-electron chi connectivity index (χ2n) is 5.16. The second kappa shape index (κ2) is 5.87. The third-order valence-corrected chi connectivity index (χ3v) is 3.39. The number of benzene rings is 2. The normalized spacial score (nSPS) is 12.4. The molecule has 0 aliphatic heterocycles. The monoisotopic (exact) mass is 272 g/mol. The Balaban J connectivity index is 2.35. The fourth-order valence-electron chi connectivity index (χ4n) is 2.38. The molecule has 104 valence electrons. The maximum absolute atomic E-state index is 13.7. The standard InChI is InChI=1S/C17H17FO2/c1-11(2)16(17(19)20)13-9-7-12(8-10-13)14-5-3-4-6-15(14)18/h3-11,16H,1-2H3,(H,19,20). The number of carboxylic acids is 1. The molecule has 2 aromatic rings. The highest BCUT2D eigenvalue weighted by Crippen LogP contribution is 2.28. The lowest BCUT2D eigenvalue weighted by Gasteiger charge is -2.17.